The van der Waals surface area contributed by atoms with E-state index in [2.05, 4.69) is 16.4 Å². The topological polar surface area (TPSA) is 48.0 Å². The van der Waals surface area contributed by atoms with Crippen LogP contribution in [-0.2, 0) is 6.54 Å². The predicted molar refractivity (Wildman–Crippen MR) is 51.3 cm³/mol. The van der Waals surface area contributed by atoms with Crippen molar-refractivity contribution in [1.29, 1.82) is 0 Å². The lowest BCUT2D eigenvalue weighted by Gasteiger charge is -2.41. The fourth-order valence-corrected chi connectivity index (χ4v) is 1.75. The van der Waals surface area contributed by atoms with Gasteiger partial charge in [-0.3, -0.25) is 0 Å². The van der Waals surface area contributed by atoms with E-state index in [4.69, 9.17) is 0 Å². The second-order valence-corrected chi connectivity index (χ2v) is 3.84. The second-order valence-electron chi connectivity index (χ2n) is 3.84. The Morgan fingerprint density at radius 2 is 2.38 bits per heavy atom. The molecular formula is C10H16N2O. The van der Waals surface area contributed by atoms with Crippen LogP contribution in [0, 0.1) is 0 Å². The van der Waals surface area contributed by atoms with E-state index in [0.29, 0.717) is 0 Å². The zero-order valence-corrected chi connectivity index (χ0v) is 7.71. The van der Waals surface area contributed by atoms with E-state index in [1.165, 1.54) is 12.1 Å². The molecule has 1 aromatic rings. The number of nitrogens with one attached hydrogen (secondary N) is 2. The first kappa shape index (κ1) is 8.78. The van der Waals surface area contributed by atoms with Crippen LogP contribution in [0.2, 0.25) is 0 Å². The van der Waals surface area contributed by atoms with Crippen molar-refractivity contribution in [2.75, 3.05) is 6.61 Å². The predicted octanol–water partition coefficient (Wildman–Crippen LogP) is 1.02. The summed E-state index contributed by atoms with van der Waals surface area (Å²) in [4.78, 5) is 3.14. The largest absolute Gasteiger partial charge is 0.394 e. The van der Waals surface area contributed by atoms with E-state index in [1.54, 1.807) is 0 Å². The van der Waals surface area contributed by atoms with E-state index in [9.17, 15) is 5.11 Å². The van der Waals surface area contributed by atoms with Crippen LogP contribution < -0.4 is 5.32 Å². The summed E-state index contributed by atoms with van der Waals surface area (Å²) in [5.74, 6) is 0. The summed E-state index contributed by atoms with van der Waals surface area (Å²) in [7, 11) is 0. The molecule has 1 fully saturated rings. The highest BCUT2D eigenvalue weighted by Gasteiger charge is 2.35. The minimum Gasteiger partial charge on any atom is -0.394 e. The highest BCUT2D eigenvalue weighted by Crippen LogP contribution is 2.31. The van der Waals surface area contributed by atoms with Gasteiger partial charge >= 0.3 is 0 Å². The van der Waals surface area contributed by atoms with Crippen molar-refractivity contribution in [3.63, 3.8) is 0 Å². The Morgan fingerprint density at radius 3 is 2.85 bits per heavy atom. The van der Waals surface area contributed by atoms with E-state index >= 15 is 0 Å². The first-order valence-corrected chi connectivity index (χ1v) is 4.83. The fraction of sp³-hybridized carbons (Fsp3) is 0.600. The average molecular weight is 180 g/mol. The Labute approximate surface area is 78.2 Å². The van der Waals surface area contributed by atoms with E-state index in [1.807, 2.05) is 12.3 Å². The van der Waals surface area contributed by atoms with Gasteiger partial charge in [0.2, 0.25) is 0 Å². The van der Waals surface area contributed by atoms with Gasteiger partial charge in [-0.25, -0.2) is 0 Å². The zero-order valence-electron chi connectivity index (χ0n) is 7.71. The minimum atomic E-state index is 0.0190. The Bertz CT molecular complexity index is 246. The summed E-state index contributed by atoms with van der Waals surface area (Å²) in [6, 6.07) is 4.04. The molecule has 3 nitrogen and oxygen atoms in total. The average Bonchev–Trinajstić information content (AvgIpc) is 2.56. The summed E-state index contributed by atoms with van der Waals surface area (Å²) in [6.07, 6.45) is 5.36. The number of H-pyrrole nitrogens is 1. The third-order valence-electron chi connectivity index (χ3n) is 2.93. The smallest absolute Gasteiger partial charge is 0.0613 e. The van der Waals surface area contributed by atoms with Crippen molar-refractivity contribution in [2.45, 2.75) is 31.3 Å². The molecule has 1 aliphatic carbocycles. The standard InChI is InChI=1S/C10H16N2O/c13-8-10(4-2-5-10)12-7-9-3-1-6-11-9/h1,3,6,11-13H,2,4-5,7-8H2. The van der Waals surface area contributed by atoms with Crippen LogP contribution in [0.3, 0.4) is 0 Å². The van der Waals surface area contributed by atoms with Crippen molar-refractivity contribution in [1.82, 2.24) is 10.3 Å². The molecule has 1 aliphatic rings. The number of aliphatic hydroxyl groups excluding tert-OH is 1. The third-order valence-corrected chi connectivity index (χ3v) is 2.93. The molecule has 0 atom stereocenters. The molecule has 1 aromatic heterocycles. The maximum absolute atomic E-state index is 9.19. The van der Waals surface area contributed by atoms with Gasteiger partial charge in [0.15, 0.2) is 0 Å². The molecule has 2 rings (SSSR count). The van der Waals surface area contributed by atoms with Crippen molar-refractivity contribution in [3.8, 4) is 0 Å². The van der Waals surface area contributed by atoms with Crippen LogP contribution in [0.15, 0.2) is 18.3 Å². The molecule has 0 amide bonds. The first-order valence-electron chi connectivity index (χ1n) is 4.83. The van der Waals surface area contributed by atoms with Gasteiger partial charge in [-0.1, -0.05) is 0 Å². The summed E-state index contributed by atoms with van der Waals surface area (Å²) in [6.45, 7) is 1.08. The first-order chi connectivity index (χ1) is 6.35. The fourth-order valence-electron chi connectivity index (χ4n) is 1.75. The van der Waals surface area contributed by atoms with Gasteiger partial charge in [0, 0.05) is 24.0 Å². The van der Waals surface area contributed by atoms with Crippen LogP contribution in [0.5, 0.6) is 0 Å². The molecule has 0 bridgehead atoms. The van der Waals surface area contributed by atoms with Gasteiger partial charge in [-0.05, 0) is 31.4 Å². The Morgan fingerprint density at radius 1 is 1.54 bits per heavy atom. The number of aromatic nitrogens is 1. The molecule has 0 saturated heterocycles. The monoisotopic (exact) mass is 180 g/mol. The molecule has 0 unspecified atom stereocenters. The molecular weight excluding hydrogens is 164 g/mol. The number of aromatic amines is 1. The number of hydrogen-bond acceptors (Lipinski definition) is 2. The Balaban J connectivity index is 1.84. The van der Waals surface area contributed by atoms with Crippen molar-refractivity contribution in [2.24, 2.45) is 0 Å². The van der Waals surface area contributed by atoms with Crippen molar-refractivity contribution < 1.29 is 5.11 Å². The minimum absolute atomic E-state index is 0.0190. The summed E-state index contributed by atoms with van der Waals surface area (Å²) in [5, 5.41) is 12.6. The maximum Gasteiger partial charge on any atom is 0.0613 e. The molecule has 0 spiro atoms. The van der Waals surface area contributed by atoms with E-state index < -0.39 is 0 Å². The molecule has 0 aliphatic heterocycles. The molecule has 0 radical (unpaired) electrons. The Hall–Kier alpha value is -0.800. The van der Waals surface area contributed by atoms with E-state index in [-0.39, 0.29) is 12.1 Å². The molecule has 13 heavy (non-hydrogen) atoms. The van der Waals surface area contributed by atoms with Crippen LogP contribution in [0.1, 0.15) is 25.0 Å². The summed E-state index contributed by atoms with van der Waals surface area (Å²) in [5.41, 5.74) is 1.20. The molecule has 72 valence electrons. The van der Waals surface area contributed by atoms with Gasteiger partial charge in [-0.15, -0.1) is 0 Å². The molecule has 1 saturated carbocycles. The number of aliphatic hydroxyl groups is 1. The summed E-state index contributed by atoms with van der Waals surface area (Å²) < 4.78 is 0. The quantitative estimate of drug-likeness (QED) is 0.648. The third kappa shape index (κ3) is 1.76. The van der Waals surface area contributed by atoms with Gasteiger partial charge < -0.3 is 15.4 Å². The van der Waals surface area contributed by atoms with Crippen molar-refractivity contribution in [3.05, 3.63) is 24.0 Å². The van der Waals surface area contributed by atoms with Gasteiger partial charge in [0.25, 0.3) is 0 Å². The number of rotatable bonds is 4. The molecule has 1 heterocycles. The highest BCUT2D eigenvalue weighted by atomic mass is 16.3. The van der Waals surface area contributed by atoms with Gasteiger partial charge in [-0.2, -0.15) is 0 Å². The van der Waals surface area contributed by atoms with Crippen LogP contribution >= 0.6 is 0 Å². The second kappa shape index (κ2) is 3.52. The molecule has 3 heteroatoms. The lowest BCUT2D eigenvalue weighted by molar-refractivity contribution is 0.0869. The summed E-state index contributed by atoms with van der Waals surface area (Å²) >= 11 is 0. The van der Waals surface area contributed by atoms with Crippen LogP contribution in [0.25, 0.3) is 0 Å². The maximum atomic E-state index is 9.19. The lowest BCUT2D eigenvalue weighted by Crippen LogP contribution is -2.53. The van der Waals surface area contributed by atoms with Gasteiger partial charge in [0.1, 0.15) is 0 Å². The normalized spacial score (nSPS) is 19.8. The van der Waals surface area contributed by atoms with Gasteiger partial charge in [0.05, 0.1) is 6.61 Å². The highest BCUT2D eigenvalue weighted by molar-refractivity contribution is 5.05. The van der Waals surface area contributed by atoms with E-state index in [0.717, 1.165) is 19.4 Å². The lowest BCUT2D eigenvalue weighted by atomic mass is 9.77. The zero-order chi connectivity index (χ0) is 9.15. The number of hydrogen-bond donors (Lipinski definition) is 3. The molecule has 0 aromatic carbocycles. The van der Waals surface area contributed by atoms with Crippen LogP contribution in [-0.4, -0.2) is 22.2 Å². The van der Waals surface area contributed by atoms with Crippen LogP contribution in [0.4, 0.5) is 0 Å². The Kier molecular flexibility index (Phi) is 2.38. The molecule has 3 N–H and O–H groups in total. The van der Waals surface area contributed by atoms with Crippen molar-refractivity contribution >= 4 is 0 Å². The SMILES string of the molecule is OCC1(NCc2ccc[nH]2)CCC1.